The summed E-state index contributed by atoms with van der Waals surface area (Å²) in [6, 6.07) is -0.336. The summed E-state index contributed by atoms with van der Waals surface area (Å²) in [5, 5.41) is 0. The fourth-order valence-electron chi connectivity index (χ4n) is 3.34. The molecule has 5 nitrogen and oxygen atoms in total. The minimum Gasteiger partial charge on any atom is -0.347 e. The first-order valence-corrected chi connectivity index (χ1v) is 8.00. The Balaban J connectivity index is 1.94. The average molecular weight is 335 g/mol. The van der Waals surface area contributed by atoms with Gasteiger partial charge in [-0.2, -0.15) is 13.2 Å². The van der Waals surface area contributed by atoms with Gasteiger partial charge in [-0.15, -0.1) is 0 Å². The van der Waals surface area contributed by atoms with E-state index in [1.165, 1.54) is 9.80 Å². The lowest BCUT2D eigenvalue weighted by atomic mass is 9.97. The quantitative estimate of drug-likeness (QED) is 0.782. The number of rotatable bonds is 3. The number of halogens is 3. The summed E-state index contributed by atoms with van der Waals surface area (Å²) in [7, 11) is 3.33. The number of nitrogens with zero attached hydrogens (tertiary/aromatic N) is 3. The smallest absolute Gasteiger partial charge is 0.347 e. The zero-order valence-electron chi connectivity index (χ0n) is 13.6. The van der Waals surface area contributed by atoms with E-state index in [1.54, 1.807) is 19.0 Å². The number of likely N-dealkylation sites (tertiary alicyclic amines) is 2. The van der Waals surface area contributed by atoms with Crippen LogP contribution in [-0.4, -0.2) is 79.0 Å². The maximum absolute atomic E-state index is 12.8. The molecular formula is C15H24F3N3O2. The normalized spacial score (nSPS) is 26.4. The molecule has 0 aromatic carbocycles. The molecule has 2 unspecified atom stereocenters. The number of carbonyl (C=O) groups is 2. The van der Waals surface area contributed by atoms with E-state index in [9.17, 15) is 22.8 Å². The van der Waals surface area contributed by atoms with Crippen molar-refractivity contribution in [1.29, 1.82) is 0 Å². The minimum absolute atomic E-state index is 0.0226. The Hall–Kier alpha value is -1.31. The van der Waals surface area contributed by atoms with Crippen LogP contribution in [0.25, 0.3) is 0 Å². The highest BCUT2D eigenvalue weighted by Crippen LogP contribution is 2.33. The summed E-state index contributed by atoms with van der Waals surface area (Å²) in [5.41, 5.74) is 0. The summed E-state index contributed by atoms with van der Waals surface area (Å²) in [6.45, 7) is 0.759. The Morgan fingerprint density at radius 2 is 1.78 bits per heavy atom. The minimum atomic E-state index is -4.25. The van der Waals surface area contributed by atoms with Crippen LogP contribution in [0.3, 0.4) is 0 Å². The van der Waals surface area contributed by atoms with Gasteiger partial charge in [-0.25, -0.2) is 0 Å². The van der Waals surface area contributed by atoms with Crippen molar-refractivity contribution in [3.05, 3.63) is 0 Å². The second-order valence-corrected chi connectivity index (χ2v) is 6.58. The Morgan fingerprint density at radius 3 is 2.39 bits per heavy atom. The molecule has 2 fully saturated rings. The molecule has 2 aliphatic rings. The van der Waals surface area contributed by atoms with Crippen molar-refractivity contribution in [3.63, 3.8) is 0 Å². The van der Waals surface area contributed by atoms with E-state index in [0.717, 1.165) is 6.42 Å². The molecule has 8 heteroatoms. The molecule has 2 amide bonds. The molecule has 2 saturated heterocycles. The molecule has 2 heterocycles. The molecule has 0 saturated carbocycles. The van der Waals surface area contributed by atoms with Crippen molar-refractivity contribution >= 4 is 11.8 Å². The fourth-order valence-corrected chi connectivity index (χ4v) is 3.34. The average Bonchev–Trinajstić information content (AvgIpc) is 2.93. The highest BCUT2D eigenvalue weighted by molar-refractivity contribution is 5.83. The SMILES string of the molecule is CN(C)C(=O)C1CCCN1CC(=O)N1CCCC(C(F)(F)F)C1. The van der Waals surface area contributed by atoms with Gasteiger partial charge in [0.05, 0.1) is 18.5 Å². The number of carbonyl (C=O) groups excluding carboxylic acids is 2. The van der Waals surface area contributed by atoms with E-state index < -0.39 is 12.1 Å². The Kier molecular flexibility index (Phi) is 5.54. The van der Waals surface area contributed by atoms with E-state index in [0.29, 0.717) is 25.9 Å². The van der Waals surface area contributed by atoms with Gasteiger partial charge in [0, 0.05) is 27.2 Å². The number of piperidine rings is 1. The first-order chi connectivity index (χ1) is 10.7. The van der Waals surface area contributed by atoms with Crippen molar-refractivity contribution in [2.75, 3.05) is 40.3 Å². The molecule has 0 aromatic heterocycles. The molecule has 2 aliphatic heterocycles. The highest BCUT2D eigenvalue weighted by Gasteiger charge is 2.43. The third-order valence-electron chi connectivity index (χ3n) is 4.66. The second kappa shape index (κ2) is 7.07. The second-order valence-electron chi connectivity index (χ2n) is 6.58. The van der Waals surface area contributed by atoms with Crippen molar-refractivity contribution in [3.8, 4) is 0 Å². The summed E-state index contributed by atoms with van der Waals surface area (Å²) >= 11 is 0. The maximum Gasteiger partial charge on any atom is 0.393 e. The summed E-state index contributed by atoms with van der Waals surface area (Å²) in [6.07, 6.45) is -2.29. The summed E-state index contributed by atoms with van der Waals surface area (Å²) < 4.78 is 38.5. The Labute approximate surface area is 134 Å². The van der Waals surface area contributed by atoms with Crippen molar-refractivity contribution in [1.82, 2.24) is 14.7 Å². The van der Waals surface area contributed by atoms with Crippen LogP contribution in [-0.2, 0) is 9.59 Å². The molecule has 0 bridgehead atoms. The van der Waals surface area contributed by atoms with Gasteiger partial charge < -0.3 is 9.80 Å². The Morgan fingerprint density at radius 1 is 1.13 bits per heavy atom. The van der Waals surface area contributed by atoms with Gasteiger partial charge in [-0.05, 0) is 32.2 Å². The largest absolute Gasteiger partial charge is 0.393 e. The van der Waals surface area contributed by atoms with Crippen LogP contribution in [0.15, 0.2) is 0 Å². The zero-order valence-corrected chi connectivity index (χ0v) is 13.6. The highest BCUT2D eigenvalue weighted by atomic mass is 19.4. The fraction of sp³-hybridized carbons (Fsp3) is 0.867. The molecule has 132 valence electrons. The van der Waals surface area contributed by atoms with E-state index in [-0.39, 0.29) is 37.4 Å². The molecule has 23 heavy (non-hydrogen) atoms. The number of amides is 2. The van der Waals surface area contributed by atoms with Gasteiger partial charge in [0.15, 0.2) is 0 Å². The number of hydrogen-bond donors (Lipinski definition) is 0. The van der Waals surface area contributed by atoms with Crippen molar-refractivity contribution in [2.24, 2.45) is 5.92 Å². The first kappa shape index (κ1) is 18.0. The van der Waals surface area contributed by atoms with Gasteiger partial charge >= 0.3 is 6.18 Å². The standard InChI is InChI=1S/C15H24F3N3O2/c1-19(2)14(23)12-6-4-7-20(12)10-13(22)21-8-3-5-11(9-21)15(16,17)18/h11-12H,3-10H2,1-2H3. The lowest BCUT2D eigenvalue weighted by Gasteiger charge is -2.35. The maximum atomic E-state index is 12.8. The van der Waals surface area contributed by atoms with Crippen LogP contribution >= 0.6 is 0 Å². The number of hydrogen-bond acceptors (Lipinski definition) is 3. The summed E-state index contributed by atoms with van der Waals surface area (Å²) in [4.78, 5) is 29.1. The van der Waals surface area contributed by atoms with Crippen LogP contribution in [0.5, 0.6) is 0 Å². The van der Waals surface area contributed by atoms with Gasteiger partial charge in [0.1, 0.15) is 0 Å². The third kappa shape index (κ3) is 4.37. The zero-order chi connectivity index (χ0) is 17.2. The molecule has 2 rings (SSSR count). The van der Waals surface area contributed by atoms with E-state index >= 15 is 0 Å². The van der Waals surface area contributed by atoms with Crippen molar-refractivity contribution in [2.45, 2.75) is 37.9 Å². The summed E-state index contributed by atoms with van der Waals surface area (Å²) in [5.74, 6) is -1.79. The van der Waals surface area contributed by atoms with Crippen LogP contribution in [0.2, 0.25) is 0 Å². The van der Waals surface area contributed by atoms with Gasteiger partial charge in [0.2, 0.25) is 11.8 Å². The van der Waals surface area contributed by atoms with Gasteiger partial charge in [0.25, 0.3) is 0 Å². The molecule has 0 radical (unpaired) electrons. The third-order valence-corrected chi connectivity index (χ3v) is 4.66. The van der Waals surface area contributed by atoms with Crippen LogP contribution < -0.4 is 0 Å². The van der Waals surface area contributed by atoms with E-state index in [4.69, 9.17) is 0 Å². The van der Waals surface area contributed by atoms with Crippen LogP contribution in [0.1, 0.15) is 25.7 Å². The Bertz CT molecular complexity index is 454. The lowest BCUT2D eigenvalue weighted by Crippen LogP contribution is -2.50. The van der Waals surface area contributed by atoms with E-state index in [2.05, 4.69) is 0 Å². The van der Waals surface area contributed by atoms with Gasteiger partial charge in [-0.3, -0.25) is 14.5 Å². The molecule has 0 spiro atoms. The van der Waals surface area contributed by atoms with Crippen LogP contribution in [0, 0.1) is 5.92 Å². The molecule has 0 aromatic rings. The van der Waals surface area contributed by atoms with Crippen LogP contribution in [0.4, 0.5) is 13.2 Å². The molecule has 2 atom stereocenters. The van der Waals surface area contributed by atoms with Crippen molar-refractivity contribution < 1.29 is 22.8 Å². The molecule has 0 N–H and O–H groups in total. The monoisotopic (exact) mass is 335 g/mol. The predicted molar refractivity (Wildman–Crippen MR) is 78.6 cm³/mol. The van der Waals surface area contributed by atoms with Gasteiger partial charge in [-0.1, -0.05) is 0 Å². The number of likely N-dealkylation sites (N-methyl/N-ethyl adjacent to an activating group) is 1. The topological polar surface area (TPSA) is 43.9 Å². The lowest BCUT2D eigenvalue weighted by molar-refractivity contribution is -0.188. The molecular weight excluding hydrogens is 311 g/mol. The predicted octanol–water partition coefficient (Wildman–Crippen LogP) is 1.34. The molecule has 0 aliphatic carbocycles. The first-order valence-electron chi connectivity index (χ1n) is 8.00. The van der Waals surface area contributed by atoms with E-state index in [1.807, 2.05) is 0 Å². The number of alkyl halides is 3.